The van der Waals surface area contributed by atoms with Crippen LogP contribution in [0.15, 0.2) is 29.2 Å². The van der Waals surface area contributed by atoms with Crippen LogP contribution in [0, 0.1) is 6.07 Å². The van der Waals surface area contributed by atoms with Crippen LogP contribution in [0.25, 0.3) is 10.8 Å². The Bertz CT molecular complexity index is 428. The predicted octanol–water partition coefficient (Wildman–Crippen LogP) is 0.723. The summed E-state index contributed by atoms with van der Waals surface area (Å²) in [6, 6.07) is 8.03. The molecule has 3 heteroatoms. The Morgan fingerprint density at radius 3 is 3.27 bits per heavy atom. The van der Waals surface area contributed by atoms with E-state index < -0.39 is 0 Å². The molecule has 2 rings (SSSR count). The minimum absolute atomic E-state index is 0.156. The van der Waals surface area contributed by atoms with Gasteiger partial charge in [-0.1, -0.05) is 6.07 Å². The van der Waals surface area contributed by atoms with Crippen molar-refractivity contribution in [1.29, 1.82) is 0 Å². The molecule has 1 N–H and O–H groups in total. The highest BCUT2D eigenvalue weighted by Gasteiger charge is 1.93. The molecular formula is C8H5N2O. The summed E-state index contributed by atoms with van der Waals surface area (Å²) < 4.78 is 0. The van der Waals surface area contributed by atoms with Crippen LogP contribution < -0.4 is 5.56 Å². The zero-order valence-corrected chi connectivity index (χ0v) is 5.66. The van der Waals surface area contributed by atoms with E-state index in [1.807, 2.05) is 0 Å². The van der Waals surface area contributed by atoms with Crippen molar-refractivity contribution in [2.24, 2.45) is 0 Å². The maximum atomic E-state index is 11.0. The van der Waals surface area contributed by atoms with Crippen LogP contribution in [0.4, 0.5) is 0 Å². The van der Waals surface area contributed by atoms with Crippen molar-refractivity contribution in [3.05, 3.63) is 40.8 Å². The lowest BCUT2D eigenvalue weighted by molar-refractivity contribution is 1.01. The van der Waals surface area contributed by atoms with Crippen molar-refractivity contribution in [1.82, 2.24) is 10.2 Å². The lowest BCUT2D eigenvalue weighted by Crippen LogP contribution is -2.06. The largest absolute Gasteiger partial charge is 0.272 e. The standard InChI is InChI=1S/C8H5N2O/c11-8-7-4-2-1-3-6(7)5-9-10-8/h2-5H,(H,10,11). The Morgan fingerprint density at radius 2 is 2.45 bits per heavy atom. The number of rotatable bonds is 0. The third kappa shape index (κ3) is 0.902. The van der Waals surface area contributed by atoms with E-state index in [2.05, 4.69) is 16.3 Å². The van der Waals surface area contributed by atoms with Crippen LogP contribution in [0.1, 0.15) is 0 Å². The average Bonchev–Trinajstić information content (AvgIpc) is 2.06. The molecule has 1 aromatic heterocycles. The summed E-state index contributed by atoms with van der Waals surface area (Å²) in [4.78, 5) is 11.0. The molecule has 0 aliphatic rings. The van der Waals surface area contributed by atoms with Crippen molar-refractivity contribution in [2.75, 3.05) is 0 Å². The first-order valence-corrected chi connectivity index (χ1v) is 3.21. The van der Waals surface area contributed by atoms with Gasteiger partial charge in [0.1, 0.15) is 0 Å². The molecule has 0 unspecified atom stereocenters. The van der Waals surface area contributed by atoms with Crippen molar-refractivity contribution in [3.63, 3.8) is 0 Å². The van der Waals surface area contributed by atoms with Gasteiger partial charge in [-0.3, -0.25) is 4.79 Å². The van der Waals surface area contributed by atoms with E-state index in [9.17, 15) is 4.79 Å². The monoisotopic (exact) mass is 145 g/mol. The highest BCUT2D eigenvalue weighted by atomic mass is 16.1. The van der Waals surface area contributed by atoms with Crippen LogP contribution in [0.5, 0.6) is 0 Å². The summed E-state index contributed by atoms with van der Waals surface area (Å²) in [5.41, 5.74) is -0.156. The number of aromatic amines is 1. The molecule has 53 valence electrons. The molecule has 0 bridgehead atoms. The number of benzene rings is 1. The van der Waals surface area contributed by atoms with Crippen molar-refractivity contribution in [2.45, 2.75) is 0 Å². The summed E-state index contributed by atoms with van der Waals surface area (Å²) in [5.74, 6) is 0. The lowest BCUT2D eigenvalue weighted by Gasteiger charge is -1.91. The van der Waals surface area contributed by atoms with E-state index in [1.54, 1.807) is 24.4 Å². The molecular weight excluding hydrogens is 140 g/mol. The molecule has 0 spiro atoms. The normalized spacial score (nSPS) is 10.2. The second kappa shape index (κ2) is 2.20. The van der Waals surface area contributed by atoms with E-state index in [-0.39, 0.29) is 5.56 Å². The van der Waals surface area contributed by atoms with E-state index in [1.165, 1.54) is 0 Å². The maximum Gasteiger partial charge on any atom is 0.272 e. The molecule has 0 atom stereocenters. The molecule has 3 nitrogen and oxygen atoms in total. The second-order valence-electron chi connectivity index (χ2n) is 2.21. The smallest absolute Gasteiger partial charge is 0.267 e. The number of hydrogen-bond donors (Lipinski definition) is 1. The van der Waals surface area contributed by atoms with Crippen LogP contribution >= 0.6 is 0 Å². The third-order valence-corrected chi connectivity index (χ3v) is 1.51. The van der Waals surface area contributed by atoms with E-state index in [4.69, 9.17) is 0 Å². The molecule has 0 fully saturated rings. The molecule has 0 amide bonds. The number of nitrogens with one attached hydrogen (secondary N) is 1. The molecule has 0 saturated carbocycles. The highest BCUT2D eigenvalue weighted by Crippen LogP contribution is 2.03. The Morgan fingerprint density at radius 1 is 1.55 bits per heavy atom. The second-order valence-corrected chi connectivity index (χ2v) is 2.21. The first-order valence-electron chi connectivity index (χ1n) is 3.21. The Balaban J connectivity index is 3.03. The summed E-state index contributed by atoms with van der Waals surface area (Å²) >= 11 is 0. The summed E-state index contributed by atoms with van der Waals surface area (Å²) in [6.45, 7) is 0. The SMILES string of the molecule is O=c1[nH]ncc2c[c]ccc12. The van der Waals surface area contributed by atoms with Gasteiger partial charge in [0.25, 0.3) is 5.56 Å². The van der Waals surface area contributed by atoms with Gasteiger partial charge in [0.2, 0.25) is 0 Å². The van der Waals surface area contributed by atoms with Crippen molar-refractivity contribution < 1.29 is 0 Å². The van der Waals surface area contributed by atoms with Gasteiger partial charge in [-0.05, 0) is 18.2 Å². The van der Waals surface area contributed by atoms with E-state index in [0.29, 0.717) is 5.39 Å². The minimum atomic E-state index is -0.156. The molecule has 11 heavy (non-hydrogen) atoms. The van der Waals surface area contributed by atoms with Gasteiger partial charge >= 0.3 is 0 Å². The summed E-state index contributed by atoms with van der Waals surface area (Å²) in [7, 11) is 0. The highest BCUT2D eigenvalue weighted by molar-refractivity contribution is 5.79. The van der Waals surface area contributed by atoms with E-state index in [0.717, 1.165) is 5.39 Å². The quantitative estimate of drug-likeness (QED) is 0.593. The van der Waals surface area contributed by atoms with Gasteiger partial charge in [-0.25, -0.2) is 5.10 Å². The van der Waals surface area contributed by atoms with Crippen LogP contribution in [0.3, 0.4) is 0 Å². The molecule has 1 aromatic carbocycles. The summed E-state index contributed by atoms with van der Waals surface area (Å²) in [5, 5.41) is 7.48. The fourth-order valence-electron chi connectivity index (χ4n) is 0.978. The zero-order valence-electron chi connectivity index (χ0n) is 5.66. The molecule has 0 aliphatic heterocycles. The first-order chi connectivity index (χ1) is 5.38. The van der Waals surface area contributed by atoms with Crippen LogP contribution in [-0.2, 0) is 0 Å². The van der Waals surface area contributed by atoms with Crippen LogP contribution in [0.2, 0.25) is 0 Å². The fourth-order valence-corrected chi connectivity index (χ4v) is 0.978. The lowest BCUT2D eigenvalue weighted by atomic mass is 10.2. The average molecular weight is 145 g/mol. The van der Waals surface area contributed by atoms with E-state index >= 15 is 0 Å². The molecule has 0 aliphatic carbocycles. The van der Waals surface area contributed by atoms with Gasteiger partial charge in [-0.2, -0.15) is 5.10 Å². The summed E-state index contributed by atoms with van der Waals surface area (Å²) in [6.07, 6.45) is 1.60. The predicted molar refractivity (Wildman–Crippen MR) is 41.2 cm³/mol. The number of H-pyrrole nitrogens is 1. The van der Waals surface area contributed by atoms with Gasteiger partial charge in [0.05, 0.1) is 11.6 Å². The number of fused-ring (bicyclic) bond motifs is 1. The number of hydrogen-bond acceptors (Lipinski definition) is 2. The Labute approximate surface area is 62.7 Å². The topological polar surface area (TPSA) is 45.8 Å². The van der Waals surface area contributed by atoms with Crippen molar-refractivity contribution >= 4 is 10.8 Å². The maximum absolute atomic E-state index is 11.0. The number of nitrogens with zero attached hydrogens (tertiary/aromatic N) is 1. The molecule has 2 aromatic rings. The van der Waals surface area contributed by atoms with Crippen molar-refractivity contribution in [3.8, 4) is 0 Å². The molecule has 1 heterocycles. The van der Waals surface area contributed by atoms with Gasteiger partial charge in [0, 0.05) is 5.39 Å². The first kappa shape index (κ1) is 6.09. The molecule has 0 saturated heterocycles. The van der Waals surface area contributed by atoms with Gasteiger partial charge < -0.3 is 0 Å². The Hall–Kier alpha value is -1.64. The van der Waals surface area contributed by atoms with Gasteiger partial charge in [0.15, 0.2) is 0 Å². The van der Waals surface area contributed by atoms with Gasteiger partial charge in [-0.15, -0.1) is 0 Å². The fraction of sp³-hybridized carbons (Fsp3) is 0. The number of aromatic nitrogens is 2. The third-order valence-electron chi connectivity index (χ3n) is 1.51. The molecule has 1 radical (unpaired) electrons. The zero-order chi connectivity index (χ0) is 7.68. The minimum Gasteiger partial charge on any atom is -0.267 e. The Kier molecular flexibility index (Phi) is 1.22. The van der Waals surface area contributed by atoms with Crippen LogP contribution in [-0.4, -0.2) is 10.2 Å².